The van der Waals surface area contributed by atoms with E-state index in [0.717, 1.165) is 11.3 Å². The molecule has 0 saturated heterocycles. The van der Waals surface area contributed by atoms with Gasteiger partial charge in [-0.25, -0.2) is 9.66 Å². The van der Waals surface area contributed by atoms with E-state index in [0.29, 0.717) is 16.7 Å². The number of hydrogen-bond donors (Lipinski definition) is 1. The Bertz CT molecular complexity index is 946. The molecule has 24 heavy (non-hydrogen) atoms. The fourth-order valence-corrected chi connectivity index (χ4v) is 2.47. The van der Waals surface area contributed by atoms with Crippen molar-refractivity contribution in [2.45, 2.75) is 13.3 Å². The maximum Gasteiger partial charge on any atom is 0.280 e. The molecule has 0 bridgehead atoms. The van der Waals surface area contributed by atoms with Crippen molar-refractivity contribution in [2.75, 3.05) is 12.5 Å². The minimum Gasteiger partial charge on any atom is -0.497 e. The number of benzene rings is 2. The van der Waals surface area contributed by atoms with Gasteiger partial charge in [-0.1, -0.05) is 24.3 Å². The van der Waals surface area contributed by atoms with Gasteiger partial charge in [-0.3, -0.25) is 15.0 Å². The highest BCUT2D eigenvalue weighted by Crippen LogP contribution is 2.12. The van der Waals surface area contributed by atoms with Crippen LogP contribution in [-0.2, 0) is 11.2 Å². The molecule has 0 unspecified atom stereocenters. The van der Waals surface area contributed by atoms with Crippen molar-refractivity contribution >= 4 is 16.8 Å². The van der Waals surface area contributed by atoms with Crippen molar-refractivity contribution in [3.05, 3.63) is 70.3 Å². The Morgan fingerprint density at radius 1 is 1.17 bits per heavy atom. The number of methoxy groups -OCH3 is 1. The number of carbonyl (C=O) groups excluding carboxylic acids is 1. The highest BCUT2D eigenvalue weighted by molar-refractivity contribution is 5.86. The standard InChI is InChI=1S/C18H17N3O3/c1-12-19-16-6-4-3-5-15(16)18(23)21(12)20-17(22)11-13-7-9-14(24-2)10-8-13/h3-10H,11H2,1-2H3,(H,20,22). The molecule has 0 radical (unpaired) electrons. The van der Waals surface area contributed by atoms with Crippen LogP contribution in [-0.4, -0.2) is 22.7 Å². The molecule has 6 heteroatoms. The van der Waals surface area contributed by atoms with E-state index >= 15 is 0 Å². The average Bonchev–Trinajstić information content (AvgIpc) is 2.59. The molecule has 1 heterocycles. The van der Waals surface area contributed by atoms with Gasteiger partial charge >= 0.3 is 0 Å². The molecule has 0 aliphatic rings. The maximum absolute atomic E-state index is 12.5. The number of nitrogens with zero attached hydrogens (tertiary/aromatic N) is 2. The number of para-hydroxylation sites is 1. The first kappa shape index (κ1) is 15.7. The number of fused-ring (bicyclic) bond motifs is 1. The Hall–Kier alpha value is -3.15. The first-order chi connectivity index (χ1) is 11.6. The van der Waals surface area contributed by atoms with E-state index in [9.17, 15) is 9.59 Å². The number of hydrogen-bond acceptors (Lipinski definition) is 4. The lowest BCUT2D eigenvalue weighted by Gasteiger charge is -2.12. The summed E-state index contributed by atoms with van der Waals surface area (Å²) in [4.78, 5) is 29.1. The maximum atomic E-state index is 12.5. The summed E-state index contributed by atoms with van der Waals surface area (Å²) in [7, 11) is 1.59. The third-order valence-corrected chi connectivity index (χ3v) is 3.70. The normalized spacial score (nSPS) is 10.6. The van der Waals surface area contributed by atoms with Gasteiger partial charge in [-0.2, -0.15) is 0 Å². The summed E-state index contributed by atoms with van der Waals surface area (Å²) in [5.41, 5.74) is 3.77. The molecular formula is C18H17N3O3. The summed E-state index contributed by atoms with van der Waals surface area (Å²) in [6, 6.07) is 14.3. The molecule has 1 N–H and O–H groups in total. The van der Waals surface area contributed by atoms with Crippen molar-refractivity contribution in [3.8, 4) is 5.75 Å². The summed E-state index contributed by atoms with van der Waals surface area (Å²) in [5, 5.41) is 0.466. The molecule has 1 aromatic heterocycles. The van der Waals surface area contributed by atoms with Crippen LogP contribution in [0, 0.1) is 6.92 Å². The largest absolute Gasteiger partial charge is 0.497 e. The number of ether oxygens (including phenoxy) is 1. The summed E-state index contributed by atoms with van der Waals surface area (Å²) in [5.74, 6) is 0.870. The number of aromatic nitrogens is 2. The van der Waals surface area contributed by atoms with Gasteiger partial charge in [0.1, 0.15) is 11.6 Å². The molecule has 0 aliphatic heterocycles. The molecule has 6 nitrogen and oxygen atoms in total. The van der Waals surface area contributed by atoms with Gasteiger partial charge < -0.3 is 4.74 Å². The zero-order chi connectivity index (χ0) is 17.1. The van der Waals surface area contributed by atoms with Crippen LogP contribution < -0.4 is 15.7 Å². The van der Waals surface area contributed by atoms with Gasteiger partial charge in [-0.15, -0.1) is 0 Å². The van der Waals surface area contributed by atoms with Crippen LogP contribution in [0.15, 0.2) is 53.3 Å². The number of aryl methyl sites for hydroxylation is 1. The fourth-order valence-electron chi connectivity index (χ4n) is 2.47. The fraction of sp³-hybridized carbons (Fsp3) is 0.167. The minimum absolute atomic E-state index is 0.155. The van der Waals surface area contributed by atoms with E-state index in [-0.39, 0.29) is 17.9 Å². The van der Waals surface area contributed by atoms with Crippen LogP contribution in [0.1, 0.15) is 11.4 Å². The topological polar surface area (TPSA) is 73.2 Å². The molecule has 3 rings (SSSR count). The molecule has 0 fully saturated rings. The zero-order valence-electron chi connectivity index (χ0n) is 13.4. The van der Waals surface area contributed by atoms with Crippen molar-refractivity contribution in [2.24, 2.45) is 0 Å². The molecule has 1 amide bonds. The highest BCUT2D eigenvalue weighted by Gasteiger charge is 2.11. The Morgan fingerprint density at radius 3 is 2.58 bits per heavy atom. The van der Waals surface area contributed by atoms with Gasteiger partial charge in [0.05, 0.1) is 24.4 Å². The molecule has 0 spiro atoms. The van der Waals surface area contributed by atoms with Crippen molar-refractivity contribution in [1.82, 2.24) is 9.66 Å². The zero-order valence-corrected chi connectivity index (χ0v) is 13.4. The van der Waals surface area contributed by atoms with Crippen LogP contribution in [0.5, 0.6) is 5.75 Å². The Morgan fingerprint density at radius 2 is 1.88 bits per heavy atom. The van der Waals surface area contributed by atoms with Crippen molar-refractivity contribution in [3.63, 3.8) is 0 Å². The van der Waals surface area contributed by atoms with Crippen LogP contribution >= 0.6 is 0 Å². The Kier molecular flexibility index (Phi) is 4.29. The van der Waals surface area contributed by atoms with E-state index in [1.165, 1.54) is 4.68 Å². The molecule has 122 valence electrons. The van der Waals surface area contributed by atoms with E-state index < -0.39 is 0 Å². The predicted octanol–water partition coefficient (Wildman–Crippen LogP) is 2.03. The molecule has 2 aromatic carbocycles. The second kappa shape index (κ2) is 6.54. The van der Waals surface area contributed by atoms with Crippen LogP contribution in [0.3, 0.4) is 0 Å². The lowest BCUT2D eigenvalue weighted by Crippen LogP contribution is -2.36. The molecule has 0 saturated carbocycles. The van der Waals surface area contributed by atoms with Crippen molar-refractivity contribution < 1.29 is 9.53 Å². The van der Waals surface area contributed by atoms with Crippen molar-refractivity contribution in [1.29, 1.82) is 0 Å². The first-order valence-electron chi connectivity index (χ1n) is 7.49. The van der Waals surface area contributed by atoms with E-state index in [1.807, 2.05) is 18.2 Å². The molecule has 0 aliphatic carbocycles. The third kappa shape index (κ3) is 3.12. The monoisotopic (exact) mass is 323 g/mol. The predicted molar refractivity (Wildman–Crippen MR) is 91.8 cm³/mol. The van der Waals surface area contributed by atoms with E-state index in [2.05, 4.69) is 10.4 Å². The number of amides is 1. The van der Waals surface area contributed by atoms with Crippen LogP contribution in [0.4, 0.5) is 0 Å². The SMILES string of the molecule is COc1ccc(CC(=O)Nn2c(C)nc3ccccc3c2=O)cc1. The Balaban J connectivity index is 1.83. The summed E-state index contributed by atoms with van der Waals surface area (Å²) >= 11 is 0. The first-order valence-corrected chi connectivity index (χ1v) is 7.49. The van der Waals surface area contributed by atoms with Crippen LogP contribution in [0.25, 0.3) is 10.9 Å². The second-order valence-electron chi connectivity index (χ2n) is 5.38. The smallest absolute Gasteiger partial charge is 0.280 e. The highest BCUT2D eigenvalue weighted by atomic mass is 16.5. The third-order valence-electron chi connectivity index (χ3n) is 3.70. The summed E-state index contributed by atoms with van der Waals surface area (Å²) in [6.07, 6.45) is 0.155. The Labute approximate surface area is 138 Å². The van der Waals surface area contributed by atoms with Gasteiger partial charge in [0.15, 0.2) is 0 Å². The number of carbonyl (C=O) groups is 1. The molecular weight excluding hydrogens is 306 g/mol. The lowest BCUT2D eigenvalue weighted by molar-refractivity contribution is -0.116. The van der Waals surface area contributed by atoms with E-state index in [4.69, 9.17) is 4.74 Å². The van der Waals surface area contributed by atoms with Crippen LogP contribution in [0.2, 0.25) is 0 Å². The quantitative estimate of drug-likeness (QED) is 0.797. The summed E-state index contributed by atoms with van der Waals surface area (Å²) < 4.78 is 6.28. The lowest BCUT2D eigenvalue weighted by atomic mass is 10.1. The summed E-state index contributed by atoms with van der Waals surface area (Å²) in [6.45, 7) is 1.68. The second-order valence-corrected chi connectivity index (χ2v) is 5.38. The molecule has 3 aromatic rings. The van der Waals surface area contributed by atoms with E-state index in [1.54, 1.807) is 44.4 Å². The van der Waals surface area contributed by atoms with Gasteiger partial charge in [0.25, 0.3) is 5.56 Å². The number of rotatable bonds is 4. The number of nitrogens with one attached hydrogen (secondary N) is 1. The van der Waals surface area contributed by atoms with Gasteiger partial charge in [-0.05, 0) is 36.8 Å². The van der Waals surface area contributed by atoms with Gasteiger partial charge in [0.2, 0.25) is 5.91 Å². The van der Waals surface area contributed by atoms with Gasteiger partial charge in [0, 0.05) is 0 Å². The minimum atomic E-state index is -0.291. The molecule has 0 atom stereocenters. The average molecular weight is 323 g/mol.